The van der Waals surface area contributed by atoms with Crippen LogP contribution in [0.25, 0.3) is 16.8 Å². The van der Waals surface area contributed by atoms with Crippen molar-refractivity contribution in [3.63, 3.8) is 0 Å². The van der Waals surface area contributed by atoms with Gasteiger partial charge >= 0.3 is 5.97 Å². The number of nitrogens with one attached hydrogen (secondary N) is 1. The quantitative estimate of drug-likeness (QED) is 0.660. The molecule has 3 rings (SSSR count). The summed E-state index contributed by atoms with van der Waals surface area (Å²) in [5, 5.41) is 14.1. The molecule has 1 aliphatic rings. The second-order valence-electron chi connectivity index (χ2n) is 4.99. The number of benzene rings is 2. The van der Waals surface area contributed by atoms with E-state index in [9.17, 15) is 9.59 Å². The first kappa shape index (κ1) is 15.5. The molecule has 7 heteroatoms. The molecule has 2 N–H and O–H groups in total. The highest BCUT2D eigenvalue weighted by Gasteiger charge is 2.32. The van der Waals surface area contributed by atoms with Gasteiger partial charge in [-0.05, 0) is 46.8 Å². The number of amides is 1. The highest BCUT2D eigenvalue weighted by Crippen LogP contribution is 2.26. The second-order valence-corrected chi connectivity index (χ2v) is 5.79. The van der Waals surface area contributed by atoms with Crippen LogP contribution < -0.4 is 5.32 Å². The van der Waals surface area contributed by atoms with Gasteiger partial charge in [-0.25, -0.2) is 0 Å². The molecule has 0 aromatic heterocycles. The highest BCUT2D eigenvalue weighted by atomic mass is 35.5. The molecule has 1 saturated heterocycles. The molecule has 2 aromatic rings. The van der Waals surface area contributed by atoms with E-state index < -0.39 is 18.4 Å². The fraction of sp³-hybridized carbons (Fsp3) is 0.0625. The lowest BCUT2D eigenvalue weighted by Crippen LogP contribution is -2.35. The van der Waals surface area contributed by atoms with Crippen LogP contribution in [-0.2, 0) is 9.59 Å². The maximum absolute atomic E-state index is 12.2. The largest absolute Gasteiger partial charge is 0.480 e. The van der Waals surface area contributed by atoms with E-state index in [0.717, 1.165) is 15.7 Å². The van der Waals surface area contributed by atoms with Crippen LogP contribution in [0.1, 0.15) is 5.56 Å². The number of hydrogen-bond acceptors (Lipinski definition) is 3. The molecule has 116 valence electrons. The average molecular weight is 347 g/mol. The third-order valence-corrected chi connectivity index (χ3v) is 4.07. The molecule has 0 unspecified atom stereocenters. The minimum absolute atomic E-state index is 0.0700. The number of carbonyl (C=O) groups excluding carboxylic acids is 1. The normalized spacial score (nSPS) is 16.2. The molecular formula is C16H11ClN2O3S. The van der Waals surface area contributed by atoms with Crippen molar-refractivity contribution in [1.29, 1.82) is 0 Å². The molecule has 23 heavy (non-hydrogen) atoms. The number of aliphatic carboxylic acids is 1. The first-order valence-electron chi connectivity index (χ1n) is 6.70. The van der Waals surface area contributed by atoms with Crippen LogP contribution in [0.2, 0.25) is 5.02 Å². The minimum Gasteiger partial charge on any atom is -0.480 e. The Balaban J connectivity index is 1.99. The van der Waals surface area contributed by atoms with Crippen LogP contribution in [0.4, 0.5) is 0 Å². The van der Waals surface area contributed by atoms with Gasteiger partial charge in [-0.15, -0.1) is 0 Å². The third kappa shape index (κ3) is 3.04. The summed E-state index contributed by atoms with van der Waals surface area (Å²) >= 11 is 11.3. The van der Waals surface area contributed by atoms with Gasteiger partial charge < -0.3 is 10.4 Å². The van der Waals surface area contributed by atoms with Crippen LogP contribution in [0.5, 0.6) is 0 Å². The summed E-state index contributed by atoms with van der Waals surface area (Å²) in [6.07, 6.45) is 1.57. The van der Waals surface area contributed by atoms with E-state index in [4.69, 9.17) is 28.9 Å². The maximum Gasteiger partial charge on any atom is 0.323 e. The predicted molar refractivity (Wildman–Crippen MR) is 92.0 cm³/mol. The molecule has 1 amide bonds. The average Bonchev–Trinajstić information content (AvgIpc) is 2.75. The van der Waals surface area contributed by atoms with Crippen LogP contribution in [0, 0.1) is 0 Å². The molecule has 1 heterocycles. The number of rotatable bonds is 3. The number of carboxylic acid groups (broad SMARTS) is 1. The number of halogens is 1. The summed E-state index contributed by atoms with van der Waals surface area (Å²) in [7, 11) is 0. The molecule has 0 atom stereocenters. The van der Waals surface area contributed by atoms with E-state index in [-0.39, 0.29) is 10.8 Å². The summed E-state index contributed by atoms with van der Waals surface area (Å²) in [5.41, 5.74) is 0.856. The lowest BCUT2D eigenvalue weighted by Gasteiger charge is -2.09. The van der Waals surface area contributed by atoms with Crippen LogP contribution in [0.15, 0.2) is 42.1 Å². The van der Waals surface area contributed by atoms with Crippen LogP contribution >= 0.6 is 23.8 Å². The zero-order valence-electron chi connectivity index (χ0n) is 11.7. The molecule has 1 aliphatic heterocycles. The molecule has 0 aliphatic carbocycles. The van der Waals surface area contributed by atoms with Gasteiger partial charge in [-0.2, -0.15) is 0 Å². The van der Waals surface area contributed by atoms with Gasteiger partial charge in [0.2, 0.25) is 0 Å². The minimum atomic E-state index is -1.13. The van der Waals surface area contributed by atoms with E-state index >= 15 is 0 Å². The zero-order chi connectivity index (χ0) is 16.6. The highest BCUT2D eigenvalue weighted by molar-refractivity contribution is 7.80. The summed E-state index contributed by atoms with van der Waals surface area (Å²) in [6.45, 7) is -0.479. The number of carboxylic acids is 1. The van der Waals surface area contributed by atoms with E-state index in [1.807, 2.05) is 36.4 Å². The van der Waals surface area contributed by atoms with Crippen molar-refractivity contribution < 1.29 is 14.7 Å². The van der Waals surface area contributed by atoms with Crippen molar-refractivity contribution in [2.24, 2.45) is 0 Å². The van der Waals surface area contributed by atoms with Gasteiger partial charge in [-0.1, -0.05) is 35.9 Å². The zero-order valence-corrected chi connectivity index (χ0v) is 13.3. The van der Waals surface area contributed by atoms with Gasteiger partial charge in [0.05, 0.1) is 0 Å². The molecule has 0 bridgehead atoms. The SMILES string of the molecule is O=C(O)CN1C(=O)/C(=C/c2cc3ccccc3cc2Cl)NC1=S. The smallest absolute Gasteiger partial charge is 0.323 e. The Morgan fingerprint density at radius 1 is 1.30 bits per heavy atom. The van der Waals surface area contributed by atoms with Gasteiger partial charge in [0.25, 0.3) is 5.91 Å². The fourth-order valence-corrected chi connectivity index (χ4v) is 2.83. The summed E-state index contributed by atoms with van der Waals surface area (Å²) in [5.74, 6) is -1.62. The first-order chi connectivity index (χ1) is 11.0. The number of nitrogens with zero attached hydrogens (tertiary/aromatic N) is 1. The van der Waals surface area contributed by atoms with Crippen molar-refractivity contribution >= 4 is 57.7 Å². The monoisotopic (exact) mass is 346 g/mol. The fourth-order valence-electron chi connectivity index (χ4n) is 2.35. The molecule has 0 spiro atoms. The molecule has 0 saturated carbocycles. The number of carbonyl (C=O) groups is 2. The Morgan fingerprint density at radius 3 is 2.61 bits per heavy atom. The predicted octanol–water partition coefficient (Wildman–Crippen LogP) is 2.64. The Kier molecular flexibility index (Phi) is 4.02. The standard InChI is InChI=1S/C16H11ClN2O3S/c17-12-6-10-4-2-1-3-9(10)5-11(12)7-13-15(22)19(8-14(20)21)16(23)18-13/h1-7H,8H2,(H,18,23)(H,20,21)/b13-7-. The molecule has 5 nitrogen and oxygen atoms in total. The number of fused-ring (bicyclic) bond motifs is 1. The molecule has 1 fully saturated rings. The van der Waals surface area contributed by atoms with Crippen molar-refractivity contribution in [1.82, 2.24) is 10.2 Å². The summed E-state index contributed by atoms with van der Waals surface area (Å²) < 4.78 is 0. The molecular weight excluding hydrogens is 336 g/mol. The molecule has 2 aromatic carbocycles. The Hall–Kier alpha value is -2.44. The lowest BCUT2D eigenvalue weighted by atomic mass is 10.1. The van der Waals surface area contributed by atoms with Gasteiger partial charge in [0.15, 0.2) is 5.11 Å². The van der Waals surface area contributed by atoms with E-state index in [1.165, 1.54) is 0 Å². The van der Waals surface area contributed by atoms with Gasteiger partial charge in [0, 0.05) is 5.02 Å². The van der Waals surface area contributed by atoms with Crippen LogP contribution in [-0.4, -0.2) is 33.5 Å². The first-order valence-corrected chi connectivity index (χ1v) is 7.49. The van der Waals surface area contributed by atoms with Crippen molar-refractivity contribution in [2.45, 2.75) is 0 Å². The number of hydrogen-bond donors (Lipinski definition) is 2. The van der Waals surface area contributed by atoms with Crippen molar-refractivity contribution in [3.05, 3.63) is 52.7 Å². The Bertz CT molecular complexity index is 879. The van der Waals surface area contributed by atoms with Gasteiger partial charge in [-0.3, -0.25) is 14.5 Å². The maximum atomic E-state index is 12.2. The Labute approximate surface area is 142 Å². The number of thiocarbonyl (C=S) groups is 1. The van der Waals surface area contributed by atoms with E-state index in [0.29, 0.717) is 10.6 Å². The van der Waals surface area contributed by atoms with E-state index in [1.54, 1.807) is 6.08 Å². The second kappa shape index (κ2) is 5.98. The van der Waals surface area contributed by atoms with Gasteiger partial charge in [0.1, 0.15) is 12.2 Å². The van der Waals surface area contributed by atoms with Crippen molar-refractivity contribution in [2.75, 3.05) is 6.54 Å². The lowest BCUT2D eigenvalue weighted by molar-refractivity contribution is -0.140. The Morgan fingerprint density at radius 2 is 1.96 bits per heavy atom. The third-order valence-electron chi connectivity index (χ3n) is 3.42. The van der Waals surface area contributed by atoms with Crippen LogP contribution in [0.3, 0.4) is 0 Å². The summed E-state index contributed by atoms with van der Waals surface area (Å²) in [6, 6.07) is 11.4. The van der Waals surface area contributed by atoms with Crippen molar-refractivity contribution in [3.8, 4) is 0 Å². The van der Waals surface area contributed by atoms with E-state index in [2.05, 4.69) is 5.32 Å². The molecule has 0 radical (unpaired) electrons. The topological polar surface area (TPSA) is 69.6 Å². The summed E-state index contributed by atoms with van der Waals surface area (Å²) in [4.78, 5) is 24.0.